The van der Waals surface area contributed by atoms with E-state index in [0.29, 0.717) is 0 Å². The highest BCUT2D eigenvalue weighted by Crippen LogP contribution is 2.24. The summed E-state index contributed by atoms with van der Waals surface area (Å²) in [7, 11) is 1.68. The molecule has 0 bridgehead atoms. The molecule has 0 aliphatic heterocycles. The van der Waals surface area contributed by atoms with Crippen LogP contribution in [0.25, 0.3) is 0 Å². The molecule has 10 heavy (non-hydrogen) atoms. The molecule has 0 radical (unpaired) electrons. The molecular formula is C9H16O. The maximum Gasteiger partial charge on any atom is 0.101 e. The lowest BCUT2D eigenvalue weighted by Gasteiger charge is -2.20. The number of ether oxygens (including phenoxy) is 1. The second-order valence-corrected chi connectivity index (χ2v) is 3.22. The Morgan fingerprint density at radius 3 is 2.00 bits per heavy atom. The highest BCUT2D eigenvalue weighted by molar-refractivity contribution is 5.10. The fraction of sp³-hybridized carbons (Fsp3) is 0.556. The van der Waals surface area contributed by atoms with E-state index in [1.807, 2.05) is 6.08 Å². The van der Waals surface area contributed by atoms with Gasteiger partial charge in [-0.1, -0.05) is 33.4 Å². The quantitative estimate of drug-likeness (QED) is 0.423. The van der Waals surface area contributed by atoms with E-state index in [1.54, 1.807) is 13.2 Å². The van der Waals surface area contributed by atoms with Crippen molar-refractivity contribution in [3.8, 4) is 0 Å². The summed E-state index contributed by atoms with van der Waals surface area (Å²) in [5.74, 6) is 0.961. The average molecular weight is 140 g/mol. The first-order valence-electron chi connectivity index (χ1n) is 3.39. The van der Waals surface area contributed by atoms with Crippen molar-refractivity contribution in [3.05, 3.63) is 24.5 Å². The number of methoxy groups -OCH3 is 1. The summed E-state index contributed by atoms with van der Waals surface area (Å²) < 4.78 is 5.14. The molecule has 0 aliphatic rings. The van der Waals surface area contributed by atoms with E-state index in [-0.39, 0.29) is 5.41 Å². The van der Waals surface area contributed by atoms with Crippen molar-refractivity contribution in [2.75, 3.05) is 7.11 Å². The van der Waals surface area contributed by atoms with Crippen molar-refractivity contribution in [2.24, 2.45) is 5.41 Å². The molecule has 0 unspecified atom stereocenters. The van der Waals surface area contributed by atoms with Crippen molar-refractivity contribution in [2.45, 2.75) is 20.8 Å². The molecule has 0 aromatic rings. The SMILES string of the molecule is C=C/C=C(/OC)C(C)(C)C. The molecule has 0 rings (SSSR count). The second-order valence-electron chi connectivity index (χ2n) is 3.22. The molecule has 1 heteroatoms. The van der Waals surface area contributed by atoms with E-state index in [0.717, 1.165) is 5.76 Å². The van der Waals surface area contributed by atoms with Gasteiger partial charge in [-0.2, -0.15) is 0 Å². The number of rotatable bonds is 2. The molecule has 58 valence electrons. The lowest BCUT2D eigenvalue weighted by atomic mass is 9.93. The van der Waals surface area contributed by atoms with Crippen LogP contribution in [0, 0.1) is 5.41 Å². The summed E-state index contributed by atoms with van der Waals surface area (Å²) in [6.45, 7) is 9.91. The number of hydrogen-bond acceptors (Lipinski definition) is 1. The molecule has 0 saturated carbocycles. The normalized spacial score (nSPS) is 13.0. The number of hydrogen-bond donors (Lipinski definition) is 0. The fourth-order valence-electron chi connectivity index (χ4n) is 0.731. The van der Waals surface area contributed by atoms with Crippen molar-refractivity contribution >= 4 is 0 Å². The third kappa shape index (κ3) is 2.72. The van der Waals surface area contributed by atoms with Gasteiger partial charge in [-0.15, -0.1) is 0 Å². The van der Waals surface area contributed by atoms with Crippen LogP contribution in [-0.4, -0.2) is 7.11 Å². The summed E-state index contributed by atoms with van der Waals surface area (Å²) in [4.78, 5) is 0. The molecule has 0 aliphatic carbocycles. The summed E-state index contributed by atoms with van der Waals surface area (Å²) in [5.41, 5.74) is 0.0862. The Balaban J connectivity index is 4.35. The van der Waals surface area contributed by atoms with E-state index in [9.17, 15) is 0 Å². The first-order chi connectivity index (χ1) is 4.52. The molecule has 0 spiro atoms. The van der Waals surface area contributed by atoms with Crippen LogP contribution in [0.5, 0.6) is 0 Å². The average Bonchev–Trinajstić information content (AvgIpc) is 1.80. The van der Waals surface area contributed by atoms with Gasteiger partial charge in [0.2, 0.25) is 0 Å². The smallest absolute Gasteiger partial charge is 0.101 e. The van der Waals surface area contributed by atoms with E-state index >= 15 is 0 Å². The Bertz CT molecular complexity index is 137. The Hall–Kier alpha value is -0.720. The Morgan fingerprint density at radius 1 is 1.40 bits per heavy atom. The minimum atomic E-state index is 0.0862. The van der Waals surface area contributed by atoms with Gasteiger partial charge in [0, 0.05) is 5.41 Å². The first kappa shape index (κ1) is 9.28. The van der Waals surface area contributed by atoms with Crippen molar-refractivity contribution in [3.63, 3.8) is 0 Å². The zero-order valence-corrected chi connectivity index (χ0v) is 7.27. The van der Waals surface area contributed by atoms with Crippen LogP contribution in [0.2, 0.25) is 0 Å². The molecule has 0 aromatic heterocycles. The zero-order chi connectivity index (χ0) is 8.20. The molecule has 0 fully saturated rings. The Morgan fingerprint density at radius 2 is 1.90 bits per heavy atom. The third-order valence-corrected chi connectivity index (χ3v) is 1.23. The lowest BCUT2D eigenvalue weighted by Crippen LogP contribution is -2.10. The highest BCUT2D eigenvalue weighted by Gasteiger charge is 2.16. The van der Waals surface area contributed by atoms with Crippen molar-refractivity contribution < 1.29 is 4.74 Å². The second kappa shape index (κ2) is 3.45. The Labute approximate surface area is 63.4 Å². The van der Waals surface area contributed by atoms with Crippen LogP contribution in [0.1, 0.15) is 20.8 Å². The van der Waals surface area contributed by atoms with Gasteiger partial charge in [-0.25, -0.2) is 0 Å². The minimum absolute atomic E-state index is 0.0862. The van der Waals surface area contributed by atoms with Gasteiger partial charge in [-0.3, -0.25) is 0 Å². The summed E-state index contributed by atoms with van der Waals surface area (Å²) in [6, 6.07) is 0. The van der Waals surface area contributed by atoms with E-state index in [2.05, 4.69) is 27.4 Å². The molecule has 0 heterocycles. The molecule has 0 aromatic carbocycles. The van der Waals surface area contributed by atoms with E-state index in [1.165, 1.54) is 0 Å². The van der Waals surface area contributed by atoms with Gasteiger partial charge in [0.1, 0.15) is 5.76 Å². The standard InChI is InChI=1S/C9H16O/c1-6-7-8(10-5)9(2,3)4/h6-7H,1H2,2-5H3/b8-7+. The van der Waals surface area contributed by atoms with Crippen LogP contribution in [-0.2, 0) is 4.74 Å². The van der Waals surface area contributed by atoms with Gasteiger partial charge < -0.3 is 4.74 Å². The maximum absolute atomic E-state index is 5.14. The van der Waals surface area contributed by atoms with Crippen LogP contribution < -0.4 is 0 Å². The van der Waals surface area contributed by atoms with Gasteiger partial charge >= 0.3 is 0 Å². The Kier molecular flexibility index (Phi) is 3.20. The van der Waals surface area contributed by atoms with Crippen LogP contribution in [0.4, 0.5) is 0 Å². The topological polar surface area (TPSA) is 9.23 Å². The van der Waals surface area contributed by atoms with Crippen LogP contribution in [0.15, 0.2) is 24.5 Å². The molecule has 0 atom stereocenters. The molecular weight excluding hydrogens is 124 g/mol. The van der Waals surface area contributed by atoms with Gasteiger partial charge in [0.25, 0.3) is 0 Å². The lowest BCUT2D eigenvalue weighted by molar-refractivity contribution is 0.206. The number of allylic oxidation sites excluding steroid dienone is 3. The zero-order valence-electron chi connectivity index (χ0n) is 7.27. The fourth-order valence-corrected chi connectivity index (χ4v) is 0.731. The first-order valence-corrected chi connectivity index (χ1v) is 3.39. The third-order valence-electron chi connectivity index (χ3n) is 1.23. The van der Waals surface area contributed by atoms with Gasteiger partial charge in [0.05, 0.1) is 7.11 Å². The molecule has 1 nitrogen and oxygen atoms in total. The summed E-state index contributed by atoms with van der Waals surface area (Å²) in [5, 5.41) is 0. The van der Waals surface area contributed by atoms with Crippen LogP contribution >= 0.6 is 0 Å². The van der Waals surface area contributed by atoms with Crippen molar-refractivity contribution in [1.29, 1.82) is 0 Å². The predicted octanol–water partition coefficient (Wildman–Crippen LogP) is 2.75. The molecule has 0 saturated heterocycles. The predicted molar refractivity (Wildman–Crippen MR) is 44.7 cm³/mol. The molecule has 0 N–H and O–H groups in total. The van der Waals surface area contributed by atoms with Crippen molar-refractivity contribution in [1.82, 2.24) is 0 Å². The van der Waals surface area contributed by atoms with Crippen LogP contribution in [0.3, 0.4) is 0 Å². The summed E-state index contributed by atoms with van der Waals surface area (Å²) in [6.07, 6.45) is 3.63. The summed E-state index contributed by atoms with van der Waals surface area (Å²) >= 11 is 0. The minimum Gasteiger partial charge on any atom is -0.501 e. The largest absolute Gasteiger partial charge is 0.501 e. The van der Waals surface area contributed by atoms with Gasteiger partial charge in [0.15, 0.2) is 0 Å². The highest BCUT2D eigenvalue weighted by atomic mass is 16.5. The van der Waals surface area contributed by atoms with Gasteiger partial charge in [-0.05, 0) is 6.08 Å². The molecule has 0 amide bonds. The monoisotopic (exact) mass is 140 g/mol. The maximum atomic E-state index is 5.14. The van der Waals surface area contributed by atoms with E-state index in [4.69, 9.17) is 4.74 Å². The van der Waals surface area contributed by atoms with E-state index < -0.39 is 0 Å².